The van der Waals surface area contributed by atoms with E-state index in [0.29, 0.717) is 0 Å². The van der Waals surface area contributed by atoms with Crippen molar-refractivity contribution in [1.82, 2.24) is 4.90 Å². The van der Waals surface area contributed by atoms with Gasteiger partial charge in [-0.25, -0.2) is 4.79 Å². The van der Waals surface area contributed by atoms with E-state index in [9.17, 15) is 4.79 Å². The number of rotatable bonds is 2. The van der Waals surface area contributed by atoms with E-state index >= 15 is 0 Å². The highest BCUT2D eigenvalue weighted by atomic mass is 16.6. The average Bonchev–Trinajstić information content (AvgIpc) is 2.45. The molecule has 0 saturated carbocycles. The summed E-state index contributed by atoms with van der Waals surface area (Å²) in [6.07, 6.45) is 2.89. The van der Waals surface area contributed by atoms with E-state index in [1.165, 1.54) is 0 Å². The SMILES string of the molecule is COc1cccc([C@H]2CCCCN2C(=O)OC(C)(C)C)c1. The Morgan fingerprint density at radius 3 is 2.71 bits per heavy atom. The third-order valence-corrected chi connectivity index (χ3v) is 3.61. The maximum Gasteiger partial charge on any atom is 0.410 e. The largest absolute Gasteiger partial charge is 0.497 e. The molecule has 4 nitrogen and oxygen atoms in total. The van der Waals surface area contributed by atoms with Crippen LogP contribution in [0.3, 0.4) is 0 Å². The van der Waals surface area contributed by atoms with Gasteiger partial charge >= 0.3 is 6.09 Å². The highest BCUT2D eigenvalue weighted by Crippen LogP contribution is 2.33. The van der Waals surface area contributed by atoms with Crippen molar-refractivity contribution in [1.29, 1.82) is 0 Å². The van der Waals surface area contributed by atoms with Crippen molar-refractivity contribution < 1.29 is 14.3 Å². The molecule has 4 heteroatoms. The summed E-state index contributed by atoms with van der Waals surface area (Å²) in [6.45, 7) is 6.44. The summed E-state index contributed by atoms with van der Waals surface area (Å²) >= 11 is 0. The molecule has 1 aliphatic rings. The average molecular weight is 291 g/mol. The van der Waals surface area contributed by atoms with Crippen LogP contribution in [-0.2, 0) is 4.74 Å². The Balaban J connectivity index is 2.20. The van der Waals surface area contributed by atoms with Crippen LogP contribution in [0.5, 0.6) is 5.75 Å². The first-order chi connectivity index (χ1) is 9.90. The molecule has 1 aromatic carbocycles. The van der Waals surface area contributed by atoms with Gasteiger partial charge < -0.3 is 14.4 Å². The lowest BCUT2D eigenvalue weighted by molar-refractivity contribution is 0.00949. The number of nitrogens with zero attached hydrogens (tertiary/aromatic N) is 1. The molecule has 0 aliphatic carbocycles. The molecule has 0 aromatic heterocycles. The third-order valence-electron chi connectivity index (χ3n) is 3.61. The Bertz CT molecular complexity index is 493. The zero-order valence-corrected chi connectivity index (χ0v) is 13.4. The second-order valence-corrected chi connectivity index (χ2v) is 6.46. The van der Waals surface area contributed by atoms with Crippen molar-refractivity contribution >= 4 is 6.09 Å². The van der Waals surface area contributed by atoms with Gasteiger partial charge in [0, 0.05) is 6.54 Å². The number of hydrogen-bond acceptors (Lipinski definition) is 3. The van der Waals surface area contributed by atoms with Crippen LogP contribution in [0, 0.1) is 0 Å². The fourth-order valence-electron chi connectivity index (χ4n) is 2.67. The van der Waals surface area contributed by atoms with Gasteiger partial charge in [-0.1, -0.05) is 12.1 Å². The maximum atomic E-state index is 12.4. The highest BCUT2D eigenvalue weighted by Gasteiger charge is 2.31. The summed E-state index contributed by atoms with van der Waals surface area (Å²) in [6, 6.07) is 8.02. The van der Waals surface area contributed by atoms with E-state index in [-0.39, 0.29) is 12.1 Å². The molecule has 21 heavy (non-hydrogen) atoms. The molecule has 116 valence electrons. The molecule has 1 fully saturated rings. The van der Waals surface area contributed by atoms with Crippen molar-refractivity contribution in [2.75, 3.05) is 13.7 Å². The number of methoxy groups -OCH3 is 1. The number of piperidine rings is 1. The van der Waals surface area contributed by atoms with Crippen molar-refractivity contribution in [3.63, 3.8) is 0 Å². The van der Waals surface area contributed by atoms with Crippen LogP contribution in [0.1, 0.15) is 51.6 Å². The standard InChI is InChI=1S/C17H25NO3/c1-17(2,3)21-16(19)18-11-6-5-10-15(18)13-8-7-9-14(12-13)20-4/h7-9,12,15H,5-6,10-11H2,1-4H3/t15-/m1/s1. The van der Waals surface area contributed by atoms with Crippen LogP contribution in [0.4, 0.5) is 4.79 Å². The number of ether oxygens (including phenoxy) is 2. The van der Waals surface area contributed by atoms with Crippen LogP contribution in [0.25, 0.3) is 0 Å². The molecule has 0 unspecified atom stereocenters. The van der Waals surface area contributed by atoms with E-state index in [2.05, 4.69) is 6.07 Å². The summed E-state index contributed by atoms with van der Waals surface area (Å²) in [7, 11) is 1.66. The van der Waals surface area contributed by atoms with Gasteiger partial charge in [0.1, 0.15) is 11.4 Å². The molecule has 0 spiro atoms. The Morgan fingerprint density at radius 2 is 2.05 bits per heavy atom. The van der Waals surface area contributed by atoms with E-state index in [1.807, 2.05) is 43.9 Å². The molecular weight excluding hydrogens is 266 g/mol. The predicted octanol–water partition coefficient (Wildman–Crippen LogP) is 4.16. The second-order valence-electron chi connectivity index (χ2n) is 6.46. The van der Waals surface area contributed by atoms with E-state index in [0.717, 1.165) is 37.1 Å². The van der Waals surface area contributed by atoms with Crippen LogP contribution < -0.4 is 4.74 Å². The fourth-order valence-corrected chi connectivity index (χ4v) is 2.67. The van der Waals surface area contributed by atoms with Gasteiger partial charge in [0.05, 0.1) is 13.2 Å². The molecule has 1 atom stereocenters. The molecule has 0 radical (unpaired) electrons. The van der Waals surface area contributed by atoms with Crippen molar-refractivity contribution in [3.8, 4) is 5.75 Å². The van der Waals surface area contributed by atoms with Crippen molar-refractivity contribution in [2.45, 2.75) is 51.7 Å². The lowest BCUT2D eigenvalue weighted by Crippen LogP contribution is -2.41. The minimum absolute atomic E-state index is 0.0729. The van der Waals surface area contributed by atoms with Gasteiger partial charge in [-0.05, 0) is 57.7 Å². The number of likely N-dealkylation sites (tertiary alicyclic amines) is 1. The first-order valence-corrected chi connectivity index (χ1v) is 7.54. The molecule has 0 N–H and O–H groups in total. The molecule has 1 saturated heterocycles. The van der Waals surface area contributed by atoms with Crippen LogP contribution in [-0.4, -0.2) is 30.2 Å². The fraction of sp³-hybridized carbons (Fsp3) is 0.588. The predicted molar refractivity (Wildman–Crippen MR) is 82.5 cm³/mol. The number of benzene rings is 1. The second kappa shape index (κ2) is 6.37. The highest BCUT2D eigenvalue weighted by molar-refractivity contribution is 5.69. The van der Waals surface area contributed by atoms with Crippen LogP contribution in [0.15, 0.2) is 24.3 Å². The van der Waals surface area contributed by atoms with Crippen molar-refractivity contribution in [2.24, 2.45) is 0 Å². The lowest BCUT2D eigenvalue weighted by Gasteiger charge is -2.37. The first-order valence-electron chi connectivity index (χ1n) is 7.54. The normalized spacial score (nSPS) is 19.2. The molecule has 1 heterocycles. The molecule has 0 bridgehead atoms. The van der Waals surface area contributed by atoms with E-state index < -0.39 is 5.60 Å². The Morgan fingerprint density at radius 1 is 1.29 bits per heavy atom. The summed E-state index contributed by atoms with van der Waals surface area (Å²) in [5.41, 5.74) is 0.646. The zero-order valence-electron chi connectivity index (χ0n) is 13.4. The molecule has 2 rings (SSSR count). The quantitative estimate of drug-likeness (QED) is 0.821. The number of carbonyl (C=O) groups is 1. The molecular formula is C17H25NO3. The van der Waals surface area contributed by atoms with Gasteiger partial charge in [-0.15, -0.1) is 0 Å². The van der Waals surface area contributed by atoms with Gasteiger partial charge in [0.25, 0.3) is 0 Å². The monoisotopic (exact) mass is 291 g/mol. The Hall–Kier alpha value is -1.71. The summed E-state index contributed by atoms with van der Waals surface area (Å²) in [5, 5.41) is 0. The summed E-state index contributed by atoms with van der Waals surface area (Å²) in [4.78, 5) is 14.3. The van der Waals surface area contributed by atoms with Gasteiger partial charge in [-0.3, -0.25) is 0 Å². The molecule has 1 amide bonds. The topological polar surface area (TPSA) is 38.8 Å². The van der Waals surface area contributed by atoms with Gasteiger partial charge in [0.2, 0.25) is 0 Å². The minimum atomic E-state index is -0.465. The number of hydrogen-bond donors (Lipinski definition) is 0. The first kappa shape index (κ1) is 15.7. The van der Waals surface area contributed by atoms with Crippen LogP contribution in [0.2, 0.25) is 0 Å². The van der Waals surface area contributed by atoms with E-state index in [4.69, 9.17) is 9.47 Å². The third kappa shape index (κ3) is 4.13. The smallest absolute Gasteiger partial charge is 0.410 e. The Labute approximate surface area is 127 Å². The number of amides is 1. The summed E-state index contributed by atoms with van der Waals surface area (Å²) in [5.74, 6) is 0.821. The molecule has 1 aromatic rings. The maximum absolute atomic E-state index is 12.4. The minimum Gasteiger partial charge on any atom is -0.497 e. The van der Waals surface area contributed by atoms with Crippen molar-refractivity contribution in [3.05, 3.63) is 29.8 Å². The summed E-state index contributed by atoms with van der Waals surface area (Å²) < 4.78 is 10.8. The molecule has 1 aliphatic heterocycles. The Kier molecular flexibility index (Phi) is 4.76. The van der Waals surface area contributed by atoms with Gasteiger partial charge in [0.15, 0.2) is 0 Å². The zero-order chi connectivity index (χ0) is 15.5. The number of carbonyl (C=O) groups excluding carboxylic acids is 1. The lowest BCUT2D eigenvalue weighted by atomic mass is 9.95. The van der Waals surface area contributed by atoms with Crippen LogP contribution >= 0.6 is 0 Å². The van der Waals surface area contributed by atoms with E-state index in [1.54, 1.807) is 7.11 Å². The van der Waals surface area contributed by atoms with Gasteiger partial charge in [-0.2, -0.15) is 0 Å².